The van der Waals surface area contributed by atoms with Gasteiger partial charge < -0.3 is 29.3 Å². The van der Waals surface area contributed by atoms with E-state index in [1.54, 1.807) is 17.0 Å². The van der Waals surface area contributed by atoms with Gasteiger partial charge in [0.25, 0.3) is 5.91 Å². The van der Waals surface area contributed by atoms with Gasteiger partial charge in [-0.2, -0.15) is 0 Å². The number of carbonyl (C=O) groups is 1. The molecule has 1 saturated heterocycles. The van der Waals surface area contributed by atoms with Crippen molar-refractivity contribution in [3.63, 3.8) is 0 Å². The number of phenolic OH excluding ortho intramolecular Hbond substituents is 1. The molecule has 25 heavy (non-hydrogen) atoms. The van der Waals surface area contributed by atoms with Crippen molar-refractivity contribution >= 4 is 16.0 Å². The summed E-state index contributed by atoms with van der Waals surface area (Å²) in [7, 11) is -4.44. The second-order valence-electron chi connectivity index (χ2n) is 6.00. The number of hydrogen-bond acceptors (Lipinski definition) is 7. The lowest BCUT2D eigenvalue weighted by Gasteiger charge is -2.33. The second kappa shape index (κ2) is 8.48. The summed E-state index contributed by atoms with van der Waals surface area (Å²) in [5.41, 5.74) is 0. The highest BCUT2D eigenvalue weighted by Crippen LogP contribution is 2.15. The molecule has 0 spiro atoms. The first-order valence-corrected chi connectivity index (χ1v) is 9.45. The Morgan fingerprint density at radius 2 is 1.88 bits per heavy atom. The van der Waals surface area contributed by atoms with Crippen LogP contribution in [0.3, 0.4) is 0 Å². The Morgan fingerprint density at radius 3 is 2.44 bits per heavy atom. The van der Waals surface area contributed by atoms with Gasteiger partial charge in [-0.05, 0) is 24.3 Å². The van der Waals surface area contributed by atoms with E-state index < -0.39 is 22.0 Å². The molecule has 0 saturated carbocycles. The van der Waals surface area contributed by atoms with E-state index in [1.165, 1.54) is 12.1 Å². The summed E-state index contributed by atoms with van der Waals surface area (Å²) < 4.78 is 37.3. The molecule has 0 unspecified atom stereocenters. The van der Waals surface area contributed by atoms with Crippen molar-refractivity contribution in [2.75, 3.05) is 45.1 Å². The molecule has 2 rings (SSSR count). The lowest BCUT2D eigenvalue weighted by atomic mass is 10.2. The van der Waals surface area contributed by atoms with E-state index in [2.05, 4.69) is 0 Å². The van der Waals surface area contributed by atoms with Crippen LogP contribution in [0, 0.1) is 0 Å². The first-order chi connectivity index (χ1) is 11.7. The molecular weight excluding hydrogens is 352 g/mol. The molecule has 1 fully saturated rings. The molecule has 1 aliphatic rings. The molecule has 1 heterocycles. The number of quaternary nitrogens is 1. The number of phenols is 1. The Hall–Kier alpha value is -1.88. The fourth-order valence-electron chi connectivity index (χ4n) is 2.68. The van der Waals surface area contributed by atoms with E-state index in [0.717, 1.165) is 4.90 Å². The summed E-state index contributed by atoms with van der Waals surface area (Å²) in [5, 5.41) is 18.8. The van der Waals surface area contributed by atoms with Crippen molar-refractivity contribution in [3.05, 3.63) is 24.3 Å². The molecular formula is C15H22N2O7S. The highest BCUT2D eigenvalue weighted by Gasteiger charge is 2.26. The average Bonchev–Trinajstić information content (AvgIpc) is 2.53. The zero-order chi connectivity index (χ0) is 18.4. The molecule has 140 valence electrons. The lowest BCUT2D eigenvalue weighted by molar-refractivity contribution is -0.906. The molecule has 1 amide bonds. The smallest absolute Gasteiger partial charge is 0.260 e. The van der Waals surface area contributed by atoms with Gasteiger partial charge in [0, 0.05) is 0 Å². The number of nitrogens with one attached hydrogen (secondary N) is 1. The standard InChI is InChI=1S/C15H22N2O7S/c18-12-1-3-14(4-2-12)24-10-15(20)17-7-5-16(6-8-17)9-13(19)11-25(21,22)23/h1-4,13,18-19H,5-11H2,(H,21,22,23)/t13-/m0/s1. The van der Waals surface area contributed by atoms with Gasteiger partial charge in [-0.25, -0.2) is 8.42 Å². The minimum atomic E-state index is -4.44. The number of benzene rings is 1. The minimum absolute atomic E-state index is 0.114. The fraction of sp³-hybridized carbons (Fsp3) is 0.533. The number of nitrogens with zero attached hydrogens (tertiary/aromatic N) is 1. The van der Waals surface area contributed by atoms with E-state index in [-0.39, 0.29) is 24.8 Å². The van der Waals surface area contributed by atoms with Crippen LogP contribution in [0.15, 0.2) is 24.3 Å². The van der Waals surface area contributed by atoms with Gasteiger partial charge in [0.2, 0.25) is 0 Å². The van der Waals surface area contributed by atoms with Gasteiger partial charge in [-0.15, -0.1) is 0 Å². The van der Waals surface area contributed by atoms with Crippen molar-refractivity contribution in [3.8, 4) is 11.5 Å². The summed E-state index contributed by atoms with van der Waals surface area (Å²) in [5.74, 6) is -0.364. The molecule has 3 N–H and O–H groups in total. The number of ether oxygens (including phenoxy) is 1. The third-order valence-electron chi connectivity index (χ3n) is 3.94. The van der Waals surface area contributed by atoms with Crippen LogP contribution in [-0.4, -0.2) is 85.2 Å². The quantitative estimate of drug-likeness (QED) is 0.446. The van der Waals surface area contributed by atoms with E-state index in [1.807, 2.05) is 0 Å². The van der Waals surface area contributed by atoms with Gasteiger partial charge in [0.15, 0.2) is 6.61 Å². The highest BCUT2D eigenvalue weighted by atomic mass is 32.2. The Morgan fingerprint density at radius 1 is 1.28 bits per heavy atom. The molecule has 1 aliphatic heterocycles. The van der Waals surface area contributed by atoms with Crippen molar-refractivity contribution in [1.82, 2.24) is 4.90 Å². The van der Waals surface area contributed by atoms with Crippen LogP contribution < -0.4 is 9.64 Å². The second-order valence-corrected chi connectivity index (χ2v) is 7.44. The van der Waals surface area contributed by atoms with E-state index >= 15 is 0 Å². The zero-order valence-corrected chi connectivity index (χ0v) is 14.4. The molecule has 0 bridgehead atoms. The van der Waals surface area contributed by atoms with Crippen molar-refractivity contribution in [1.29, 1.82) is 0 Å². The Labute approximate surface area is 146 Å². The maximum absolute atomic E-state index is 12.1. The number of aromatic hydroxyl groups is 1. The topological polar surface area (TPSA) is 132 Å². The predicted octanol–water partition coefficient (Wildman–Crippen LogP) is -2.60. The van der Waals surface area contributed by atoms with Gasteiger partial charge in [-0.3, -0.25) is 4.79 Å². The first-order valence-electron chi connectivity index (χ1n) is 7.88. The molecule has 9 nitrogen and oxygen atoms in total. The maximum Gasteiger partial charge on any atom is 0.260 e. The van der Waals surface area contributed by atoms with Crippen LogP contribution >= 0.6 is 0 Å². The van der Waals surface area contributed by atoms with Crippen LogP contribution in [0.1, 0.15) is 0 Å². The Kier molecular flexibility index (Phi) is 6.59. The molecule has 0 aromatic heterocycles. The molecule has 10 heteroatoms. The third-order valence-corrected chi connectivity index (χ3v) is 4.74. The van der Waals surface area contributed by atoms with Gasteiger partial charge in [0.05, 0.1) is 42.1 Å². The van der Waals surface area contributed by atoms with E-state index in [4.69, 9.17) is 4.74 Å². The molecule has 1 aromatic carbocycles. The van der Waals surface area contributed by atoms with Crippen molar-refractivity contribution < 1.29 is 37.6 Å². The number of aliphatic hydroxyl groups is 1. The Balaban J connectivity index is 1.72. The fourth-order valence-corrected chi connectivity index (χ4v) is 3.27. The van der Waals surface area contributed by atoms with E-state index in [0.29, 0.717) is 31.9 Å². The zero-order valence-electron chi connectivity index (χ0n) is 13.6. The number of rotatable bonds is 7. The molecule has 1 aromatic rings. The largest absolute Gasteiger partial charge is 0.748 e. The average molecular weight is 374 g/mol. The van der Waals surface area contributed by atoms with Crippen molar-refractivity contribution in [2.45, 2.75) is 6.10 Å². The molecule has 0 aliphatic carbocycles. The number of piperazine rings is 1. The number of aliphatic hydroxyl groups excluding tert-OH is 1. The van der Waals surface area contributed by atoms with Crippen LogP contribution in [0.25, 0.3) is 0 Å². The lowest BCUT2D eigenvalue weighted by Crippen LogP contribution is -3.16. The van der Waals surface area contributed by atoms with Gasteiger partial charge >= 0.3 is 0 Å². The summed E-state index contributed by atoms with van der Waals surface area (Å²) in [4.78, 5) is 14.7. The summed E-state index contributed by atoms with van der Waals surface area (Å²) >= 11 is 0. The van der Waals surface area contributed by atoms with Gasteiger partial charge in [-0.1, -0.05) is 0 Å². The SMILES string of the molecule is O=C(COc1ccc(O)cc1)N1CC[NH+](C[C@H](O)CS(=O)(=O)[O-])CC1. The number of carbonyl (C=O) groups excluding carboxylic acids is 1. The molecule has 0 radical (unpaired) electrons. The van der Waals surface area contributed by atoms with E-state index in [9.17, 15) is 28.0 Å². The minimum Gasteiger partial charge on any atom is -0.748 e. The summed E-state index contributed by atoms with van der Waals surface area (Å²) in [6.07, 6.45) is -1.20. The van der Waals surface area contributed by atoms with Gasteiger partial charge in [0.1, 0.15) is 24.1 Å². The third kappa shape index (κ3) is 6.86. The van der Waals surface area contributed by atoms with Crippen LogP contribution in [0.2, 0.25) is 0 Å². The normalized spacial score (nSPS) is 17.3. The maximum atomic E-state index is 12.1. The number of amides is 1. The van der Waals surface area contributed by atoms with Crippen LogP contribution in [0.4, 0.5) is 0 Å². The summed E-state index contributed by atoms with van der Waals surface area (Å²) in [6, 6.07) is 6.07. The first kappa shape index (κ1) is 19.4. The molecule has 1 atom stereocenters. The highest BCUT2D eigenvalue weighted by molar-refractivity contribution is 7.85. The predicted molar refractivity (Wildman–Crippen MR) is 86.3 cm³/mol. The van der Waals surface area contributed by atoms with Crippen LogP contribution in [-0.2, 0) is 14.9 Å². The Bertz CT molecular complexity index is 670. The van der Waals surface area contributed by atoms with Crippen molar-refractivity contribution in [2.24, 2.45) is 0 Å². The summed E-state index contributed by atoms with van der Waals surface area (Å²) in [6.45, 7) is 2.08. The number of hydrogen-bond donors (Lipinski definition) is 3. The van der Waals surface area contributed by atoms with Crippen LogP contribution in [0.5, 0.6) is 11.5 Å². The monoisotopic (exact) mass is 374 g/mol.